The maximum absolute atomic E-state index is 12.7. The minimum Gasteiger partial charge on any atom is -0.494 e. The standard InChI is InChI=1S/C20H24N2O4S/c1-2-26-18-8-6-7-17(15-18)21-20(23)16-9-11-19(12-10-16)27(24,25)22-13-4-3-5-14-22/h6-12,15H,2-5,13-14H2,1H3,(H,21,23). The molecule has 0 atom stereocenters. The van der Waals surface area contributed by atoms with Gasteiger partial charge in [0.05, 0.1) is 11.5 Å². The summed E-state index contributed by atoms with van der Waals surface area (Å²) >= 11 is 0. The van der Waals surface area contributed by atoms with Gasteiger partial charge in [0.15, 0.2) is 0 Å². The lowest BCUT2D eigenvalue weighted by molar-refractivity contribution is 0.102. The van der Waals surface area contributed by atoms with Crippen molar-refractivity contribution in [2.24, 2.45) is 0 Å². The number of amides is 1. The molecule has 0 bridgehead atoms. The summed E-state index contributed by atoms with van der Waals surface area (Å²) in [7, 11) is -3.49. The summed E-state index contributed by atoms with van der Waals surface area (Å²) in [5.74, 6) is 0.379. The van der Waals surface area contributed by atoms with Crippen molar-refractivity contribution in [1.29, 1.82) is 0 Å². The molecule has 0 aliphatic carbocycles. The number of carbonyl (C=O) groups is 1. The number of hydrogen-bond donors (Lipinski definition) is 1. The SMILES string of the molecule is CCOc1cccc(NC(=O)c2ccc(S(=O)(=O)N3CCCCC3)cc2)c1. The molecule has 1 heterocycles. The second kappa shape index (κ2) is 8.54. The number of hydrogen-bond acceptors (Lipinski definition) is 4. The summed E-state index contributed by atoms with van der Waals surface area (Å²) in [5, 5.41) is 2.80. The van der Waals surface area contributed by atoms with E-state index in [0.29, 0.717) is 36.7 Å². The summed E-state index contributed by atoms with van der Waals surface area (Å²) in [6.07, 6.45) is 2.84. The van der Waals surface area contributed by atoms with Crippen molar-refractivity contribution in [2.45, 2.75) is 31.1 Å². The van der Waals surface area contributed by atoms with Gasteiger partial charge in [0, 0.05) is 30.4 Å². The number of rotatable bonds is 6. The largest absolute Gasteiger partial charge is 0.494 e. The zero-order valence-electron chi connectivity index (χ0n) is 15.3. The van der Waals surface area contributed by atoms with E-state index in [-0.39, 0.29) is 10.8 Å². The van der Waals surface area contributed by atoms with E-state index in [2.05, 4.69) is 5.32 Å². The maximum atomic E-state index is 12.7. The molecule has 1 fully saturated rings. The normalized spacial score (nSPS) is 15.3. The monoisotopic (exact) mass is 388 g/mol. The van der Waals surface area contributed by atoms with Gasteiger partial charge in [-0.15, -0.1) is 0 Å². The quantitative estimate of drug-likeness (QED) is 0.822. The van der Waals surface area contributed by atoms with Crippen LogP contribution in [-0.4, -0.2) is 38.3 Å². The van der Waals surface area contributed by atoms with E-state index in [9.17, 15) is 13.2 Å². The van der Waals surface area contributed by atoms with Crippen molar-refractivity contribution >= 4 is 21.6 Å². The number of sulfonamides is 1. The molecular weight excluding hydrogens is 364 g/mol. The van der Waals surface area contributed by atoms with Gasteiger partial charge in [-0.2, -0.15) is 4.31 Å². The van der Waals surface area contributed by atoms with Crippen LogP contribution in [0.5, 0.6) is 5.75 Å². The van der Waals surface area contributed by atoms with Gasteiger partial charge in [0.25, 0.3) is 5.91 Å². The topological polar surface area (TPSA) is 75.7 Å². The molecule has 1 aliphatic rings. The van der Waals surface area contributed by atoms with Crippen LogP contribution in [0.3, 0.4) is 0 Å². The predicted octanol–water partition coefficient (Wildman–Crippen LogP) is 3.51. The van der Waals surface area contributed by atoms with Gasteiger partial charge in [-0.25, -0.2) is 8.42 Å². The first-order valence-corrected chi connectivity index (χ1v) is 10.6. The molecule has 6 nitrogen and oxygen atoms in total. The molecule has 1 aliphatic heterocycles. The van der Waals surface area contributed by atoms with Gasteiger partial charge in [-0.05, 0) is 56.2 Å². The lowest BCUT2D eigenvalue weighted by atomic mass is 10.2. The Morgan fingerprint density at radius 1 is 1.07 bits per heavy atom. The van der Waals surface area contributed by atoms with Gasteiger partial charge in [-0.3, -0.25) is 4.79 Å². The number of piperidine rings is 1. The number of nitrogens with one attached hydrogen (secondary N) is 1. The van der Waals surface area contributed by atoms with Crippen LogP contribution in [-0.2, 0) is 10.0 Å². The number of nitrogens with zero attached hydrogens (tertiary/aromatic N) is 1. The average Bonchev–Trinajstić information content (AvgIpc) is 2.69. The van der Waals surface area contributed by atoms with Crippen molar-refractivity contribution in [1.82, 2.24) is 4.31 Å². The Balaban J connectivity index is 1.71. The van der Waals surface area contributed by atoms with Crippen LogP contribution in [0.1, 0.15) is 36.5 Å². The van der Waals surface area contributed by atoms with E-state index in [0.717, 1.165) is 19.3 Å². The Labute approximate surface area is 160 Å². The van der Waals surface area contributed by atoms with Crippen LogP contribution in [0.2, 0.25) is 0 Å². The van der Waals surface area contributed by atoms with Crippen molar-refractivity contribution < 1.29 is 17.9 Å². The molecular formula is C20H24N2O4S. The first-order chi connectivity index (χ1) is 13.0. The maximum Gasteiger partial charge on any atom is 0.255 e. The average molecular weight is 388 g/mol. The number of carbonyl (C=O) groups excluding carboxylic acids is 1. The van der Waals surface area contributed by atoms with Crippen LogP contribution in [0.25, 0.3) is 0 Å². The Morgan fingerprint density at radius 2 is 1.78 bits per heavy atom. The first kappa shape index (κ1) is 19.4. The molecule has 1 amide bonds. The summed E-state index contributed by atoms with van der Waals surface area (Å²) in [6, 6.07) is 13.2. The molecule has 1 N–H and O–H groups in total. The third-order valence-corrected chi connectivity index (χ3v) is 6.39. The molecule has 144 valence electrons. The minimum atomic E-state index is -3.49. The summed E-state index contributed by atoms with van der Waals surface area (Å²) in [5.41, 5.74) is 1.02. The van der Waals surface area contributed by atoms with Gasteiger partial charge in [-0.1, -0.05) is 12.5 Å². The van der Waals surface area contributed by atoms with Crippen LogP contribution < -0.4 is 10.1 Å². The second-order valence-corrected chi connectivity index (χ2v) is 8.34. The smallest absolute Gasteiger partial charge is 0.255 e. The fourth-order valence-corrected chi connectivity index (χ4v) is 4.58. The molecule has 0 unspecified atom stereocenters. The van der Waals surface area contributed by atoms with Crippen molar-refractivity contribution in [3.8, 4) is 5.75 Å². The van der Waals surface area contributed by atoms with Crippen LogP contribution in [0.15, 0.2) is 53.4 Å². The molecule has 1 saturated heterocycles. The lowest BCUT2D eigenvalue weighted by Gasteiger charge is -2.25. The van der Waals surface area contributed by atoms with Gasteiger partial charge >= 0.3 is 0 Å². The summed E-state index contributed by atoms with van der Waals surface area (Å²) < 4.78 is 32.3. The molecule has 0 spiro atoms. The fraction of sp³-hybridized carbons (Fsp3) is 0.350. The van der Waals surface area contributed by atoms with Gasteiger partial charge < -0.3 is 10.1 Å². The molecule has 27 heavy (non-hydrogen) atoms. The number of anilines is 1. The Hall–Kier alpha value is -2.38. The zero-order valence-corrected chi connectivity index (χ0v) is 16.2. The number of ether oxygens (including phenoxy) is 1. The zero-order chi connectivity index (χ0) is 19.3. The van der Waals surface area contributed by atoms with Crippen LogP contribution in [0, 0.1) is 0 Å². The Morgan fingerprint density at radius 3 is 2.44 bits per heavy atom. The van der Waals surface area contributed by atoms with E-state index in [1.54, 1.807) is 30.3 Å². The van der Waals surface area contributed by atoms with E-state index >= 15 is 0 Å². The van der Waals surface area contributed by atoms with Gasteiger partial charge in [0.1, 0.15) is 5.75 Å². The van der Waals surface area contributed by atoms with Crippen LogP contribution in [0.4, 0.5) is 5.69 Å². The van der Waals surface area contributed by atoms with Crippen molar-refractivity contribution in [2.75, 3.05) is 25.0 Å². The summed E-state index contributed by atoms with van der Waals surface area (Å²) in [6.45, 7) is 3.55. The third-order valence-electron chi connectivity index (χ3n) is 4.47. The molecule has 0 aromatic heterocycles. The second-order valence-electron chi connectivity index (χ2n) is 6.40. The van der Waals surface area contributed by atoms with Crippen molar-refractivity contribution in [3.63, 3.8) is 0 Å². The highest BCUT2D eigenvalue weighted by Crippen LogP contribution is 2.22. The van der Waals surface area contributed by atoms with E-state index in [1.807, 2.05) is 13.0 Å². The third kappa shape index (κ3) is 4.67. The minimum absolute atomic E-state index is 0.222. The highest BCUT2D eigenvalue weighted by atomic mass is 32.2. The molecule has 0 saturated carbocycles. The first-order valence-electron chi connectivity index (χ1n) is 9.15. The highest BCUT2D eigenvalue weighted by molar-refractivity contribution is 7.89. The highest BCUT2D eigenvalue weighted by Gasteiger charge is 2.25. The predicted molar refractivity (Wildman–Crippen MR) is 105 cm³/mol. The fourth-order valence-electron chi connectivity index (χ4n) is 3.07. The molecule has 2 aromatic rings. The Kier molecular flexibility index (Phi) is 6.13. The van der Waals surface area contributed by atoms with E-state index in [4.69, 9.17) is 4.74 Å². The van der Waals surface area contributed by atoms with E-state index in [1.165, 1.54) is 16.4 Å². The van der Waals surface area contributed by atoms with Crippen molar-refractivity contribution in [3.05, 3.63) is 54.1 Å². The van der Waals surface area contributed by atoms with E-state index < -0.39 is 10.0 Å². The van der Waals surface area contributed by atoms with Gasteiger partial charge in [0.2, 0.25) is 10.0 Å². The molecule has 2 aromatic carbocycles. The summed E-state index contributed by atoms with van der Waals surface area (Å²) in [4.78, 5) is 12.7. The molecule has 7 heteroatoms. The Bertz CT molecular complexity index is 888. The van der Waals surface area contributed by atoms with Crippen LogP contribution >= 0.6 is 0 Å². The number of benzene rings is 2. The molecule has 0 radical (unpaired) electrons. The molecule has 3 rings (SSSR count). The lowest BCUT2D eigenvalue weighted by Crippen LogP contribution is -2.35.